The van der Waals surface area contributed by atoms with Crippen molar-refractivity contribution in [2.24, 2.45) is 7.05 Å². The Labute approximate surface area is 188 Å². The lowest BCUT2D eigenvalue weighted by atomic mass is 10.1. The molecule has 5 aromatic rings. The van der Waals surface area contributed by atoms with Gasteiger partial charge in [0, 0.05) is 37.4 Å². The highest BCUT2D eigenvalue weighted by atomic mass is 16.4. The summed E-state index contributed by atoms with van der Waals surface area (Å²) in [7, 11) is 1.81. The van der Waals surface area contributed by atoms with Crippen LogP contribution < -0.4 is 10.6 Å². The van der Waals surface area contributed by atoms with E-state index >= 15 is 0 Å². The molecule has 5 rings (SSSR count). The van der Waals surface area contributed by atoms with Crippen molar-refractivity contribution in [3.63, 3.8) is 0 Å². The maximum absolute atomic E-state index is 12.7. The number of hydrogen-bond donors (Lipinski definition) is 2. The molecule has 1 amide bonds. The van der Waals surface area contributed by atoms with Crippen molar-refractivity contribution >= 4 is 28.6 Å². The van der Waals surface area contributed by atoms with E-state index in [4.69, 9.17) is 4.42 Å². The van der Waals surface area contributed by atoms with Crippen LogP contribution >= 0.6 is 0 Å². The van der Waals surface area contributed by atoms with Crippen molar-refractivity contribution in [1.82, 2.24) is 35.0 Å². The topological polar surface area (TPSA) is 124 Å². The van der Waals surface area contributed by atoms with Gasteiger partial charge in [0.2, 0.25) is 5.95 Å². The predicted molar refractivity (Wildman–Crippen MR) is 122 cm³/mol. The van der Waals surface area contributed by atoms with E-state index in [0.29, 0.717) is 23.9 Å². The molecule has 2 N–H and O–H groups in total. The summed E-state index contributed by atoms with van der Waals surface area (Å²) in [6, 6.07) is 11.5. The number of pyridine rings is 1. The molecular formula is C23H20N8O2. The fourth-order valence-corrected chi connectivity index (χ4v) is 3.42. The van der Waals surface area contributed by atoms with E-state index < -0.39 is 5.91 Å². The van der Waals surface area contributed by atoms with Crippen molar-refractivity contribution < 1.29 is 9.21 Å². The number of nitrogens with zero attached hydrogens (tertiary/aromatic N) is 6. The molecule has 4 aromatic heterocycles. The van der Waals surface area contributed by atoms with Crippen LogP contribution in [0.2, 0.25) is 0 Å². The summed E-state index contributed by atoms with van der Waals surface area (Å²) in [5.41, 5.74) is 3.56. The number of hydrogen-bond acceptors (Lipinski definition) is 8. The molecule has 0 atom stereocenters. The highest BCUT2D eigenvalue weighted by Crippen LogP contribution is 2.23. The number of aromatic nitrogens is 6. The zero-order valence-electron chi connectivity index (χ0n) is 18.0. The molecule has 0 radical (unpaired) electrons. The molecule has 0 aliphatic carbocycles. The average molecular weight is 440 g/mol. The average Bonchev–Trinajstić information content (AvgIpc) is 3.48. The van der Waals surface area contributed by atoms with Crippen LogP contribution in [0.3, 0.4) is 0 Å². The van der Waals surface area contributed by atoms with Crippen molar-refractivity contribution in [2.45, 2.75) is 13.5 Å². The highest BCUT2D eigenvalue weighted by molar-refractivity contribution is 5.90. The Morgan fingerprint density at radius 1 is 1.09 bits per heavy atom. The van der Waals surface area contributed by atoms with Gasteiger partial charge in [-0.3, -0.25) is 14.5 Å². The van der Waals surface area contributed by atoms with Gasteiger partial charge in [-0.05, 0) is 24.1 Å². The SMILES string of the molecule is Cc1cnc(Nc2ccnn2C)nc1-c1coc(C(=O)NCc2cccc3cccnc23)n1. The summed E-state index contributed by atoms with van der Waals surface area (Å²) in [5, 5.41) is 11.1. The van der Waals surface area contributed by atoms with Crippen LogP contribution in [0, 0.1) is 6.92 Å². The second-order valence-corrected chi connectivity index (χ2v) is 7.40. The number of carbonyl (C=O) groups excluding carboxylic acids is 1. The van der Waals surface area contributed by atoms with E-state index in [1.54, 1.807) is 23.3 Å². The molecule has 33 heavy (non-hydrogen) atoms. The molecule has 1 aromatic carbocycles. The summed E-state index contributed by atoms with van der Waals surface area (Å²) in [6.07, 6.45) is 6.50. The van der Waals surface area contributed by atoms with Crippen LogP contribution in [0.25, 0.3) is 22.3 Å². The van der Waals surface area contributed by atoms with Crippen LogP contribution in [0.1, 0.15) is 21.8 Å². The standard InChI is InChI=1S/C23H20N8O2/c1-14-11-26-23(29-18-8-10-27-31(18)2)30-19(14)17-13-33-22(28-17)21(32)25-12-16-6-3-5-15-7-4-9-24-20(15)16/h3-11,13H,12H2,1-2H3,(H,25,32)(H,26,29,30). The summed E-state index contributed by atoms with van der Waals surface area (Å²) < 4.78 is 7.12. The van der Waals surface area contributed by atoms with Gasteiger partial charge in [-0.2, -0.15) is 5.10 Å². The quantitative estimate of drug-likeness (QED) is 0.412. The third-order valence-electron chi connectivity index (χ3n) is 5.13. The fraction of sp³-hybridized carbons (Fsp3) is 0.130. The van der Waals surface area contributed by atoms with Gasteiger partial charge in [0.1, 0.15) is 23.5 Å². The minimum Gasteiger partial charge on any atom is -0.440 e. The van der Waals surface area contributed by atoms with E-state index in [0.717, 1.165) is 27.8 Å². The number of aryl methyl sites for hydroxylation is 2. The second kappa shape index (κ2) is 8.50. The number of benzene rings is 1. The van der Waals surface area contributed by atoms with Crippen molar-refractivity contribution in [2.75, 3.05) is 5.32 Å². The molecular weight excluding hydrogens is 420 g/mol. The first-order valence-corrected chi connectivity index (χ1v) is 10.2. The maximum atomic E-state index is 12.7. The second-order valence-electron chi connectivity index (χ2n) is 7.40. The Hall–Kier alpha value is -4.60. The smallest absolute Gasteiger partial charge is 0.307 e. The number of anilines is 2. The lowest BCUT2D eigenvalue weighted by Crippen LogP contribution is -2.23. The molecule has 164 valence electrons. The molecule has 4 heterocycles. The molecule has 10 nitrogen and oxygen atoms in total. The summed E-state index contributed by atoms with van der Waals surface area (Å²) in [4.78, 5) is 30.2. The number of nitrogens with one attached hydrogen (secondary N) is 2. The van der Waals surface area contributed by atoms with Gasteiger partial charge in [0.15, 0.2) is 0 Å². The molecule has 10 heteroatoms. The van der Waals surface area contributed by atoms with Gasteiger partial charge in [-0.15, -0.1) is 0 Å². The maximum Gasteiger partial charge on any atom is 0.307 e. The lowest BCUT2D eigenvalue weighted by molar-refractivity contribution is 0.0916. The largest absolute Gasteiger partial charge is 0.440 e. The molecule has 0 fully saturated rings. The van der Waals surface area contributed by atoms with Crippen molar-refractivity contribution in [3.8, 4) is 11.4 Å². The minimum atomic E-state index is -0.422. The Morgan fingerprint density at radius 3 is 2.82 bits per heavy atom. The Balaban J connectivity index is 1.33. The van der Waals surface area contributed by atoms with Crippen LogP contribution in [-0.4, -0.2) is 35.6 Å². The lowest BCUT2D eigenvalue weighted by Gasteiger charge is -2.07. The van der Waals surface area contributed by atoms with Crippen molar-refractivity contribution in [1.29, 1.82) is 0 Å². The Morgan fingerprint density at radius 2 is 1.97 bits per heavy atom. The first-order chi connectivity index (χ1) is 16.1. The molecule has 0 spiro atoms. The van der Waals surface area contributed by atoms with E-state index in [-0.39, 0.29) is 5.89 Å². The Bertz CT molecular complexity index is 1450. The van der Waals surface area contributed by atoms with Gasteiger partial charge in [0.05, 0.1) is 11.7 Å². The van der Waals surface area contributed by atoms with E-state index in [9.17, 15) is 4.79 Å². The summed E-state index contributed by atoms with van der Waals surface area (Å²) in [6.45, 7) is 2.17. The van der Waals surface area contributed by atoms with Gasteiger partial charge < -0.3 is 15.1 Å². The fourth-order valence-electron chi connectivity index (χ4n) is 3.42. The summed E-state index contributed by atoms with van der Waals surface area (Å²) >= 11 is 0. The van der Waals surface area contributed by atoms with Crippen LogP contribution in [-0.2, 0) is 13.6 Å². The molecule has 0 bridgehead atoms. The normalized spacial score (nSPS) is 11.0. The number of carbonyl (C=O) groups is 1. The zero-order chi connectivity index (χ0) is 22.8. The number of para-hydroxylation sites is 1. The first-order valence-electron chi connectivity index (χ1n) is 10.2. The van der Waals surface area contributed by atoms with Crippen LogP contribution in [0.4, 0.5) is 11.8 Å². The molecule has 0 saturated heterocycles. The summed E-state index contributed by atoms with van der Waals surface area (Å²) in [5.74, 6) is 0.663. The van der Waals surface area contributed by atoms with Crippen LogP contribution in [0.5, 0.6) is 0 Å². The molecule has 0 aliphatic rings. The molecule has 0 saturated carbocycles. The molecule has 0 unspecified atom stereocenters. The number of oxazole rings is 1. The van der Waals surface area contributed by atoms with Crippen molar-refractivity contribution in [3.05, 3.63) is 78.3 Å². The predicted octanol–water partition coefficient (Wildman–Crippen LogP) is 3.40. The van der Waals surface area contributed by atoms with E-state index in [1.807, 2.05) is 50.4 Å². The van der Waals surface area contributed by atoms with Gasteiger partial charge >= 0.3 is 5.91 Å². The third kappa shape index (κ3) is 4.13. The van der Waals surface area contributed by atoms with E-state index in [2.05, 4.69) is 35.7 Å². The van der Waals surface area contributed by atoms with Gasteiger partial charge in [-0.1, -0.05) is 24.3 Å². The first kappa shape index (κ1) is 20.3. The van der Waals surface area contributed by atoms with Gasteiger partial charge in [-0.25, -0.2) is 15.0 Å². The Kier molecular flexibility index (Phi) is 5.23. The third-order valence-corrected chi connectivity index (χ3v) is 5.13. The minimum absolute atomic E-state index is 0.0441. The van der Waals surface area contributed by atoms with Crippen LogP contribution in [0.15, 0.2) is 65.7 Å². The van der Waals surface area contributed by atoms with Gasteiger partial charge in [0.25, 0.3) is 5.89 Å². The highest BCUT2D eigenvalue weighted by Gasteiger charge is 2.17. The number of amides is 1. The number of rotatable bonds is 6. The van der Waals surface area contributed by atoms with E-state index in [1.165, 1.54) is 6.26 Å². The monoisotopic (exact) mass is 440 g/mol. The zero-order valence-corrected chi connectivity index (χ0v) is 18.0. The molecule has 0 aliphatic heterocycles. The number of fused-ring (bicyclic) bond motifs is 1.